The van der Waals surface area contributed by atoms with Gasteiger partial charge in [-0.15, -0.1) is 0 Å². The Hall–Kier alpha value is -2.54. The lowest BCUT2D eigenvalue weighted by atomic mass is 10.2. The second-order valence-corrected chi connectivity index (χ2v) is 7.97. The van der Waals surface area contributed by atoms with Crippen LogP contribution in [-0.2, 0) is 9.84 Å². The smallest absolute Gasteiger partial charge is 0.323 e. The molecule has 2 N–H and O–H groups in total. The van der Waals surface area contributed by atoms with Gasteiger partial charge in [0.25, 0.3) is 0 Å². The number of nitrogens with one attached hydrogen (secondary N) is 2. The van der Waals surface area contributed by atoms with E-state index in [1.54, 1.807) is 19.1 Å². The lowest BCUT2D eigenvalue weighted by Gasteiger charge is -2.14. The third kappa shape index (κ3) is 5.23. The summed E-state index contributed by atoms with van der Waals surface area (Å²) in [6.07, 6.45) is 0.520. The van der Waals surface area contributed by atoms with Crippen LogP contribution in [0.4, 0.5) is 16.2 Å². The van der Waals surface area contributed by atoms with Crippen LogP contribution in [0.5, 0.6) is 5.75 Å². The van der Waals surface area contributed by atoms with Gasteiger partial charge in [0.15, 0.2) is 9.84 Å². The molecule has 0 saturated carbocycles. The third-order valence-electron chi connectivity index (χ3n) is 3.61. The molecule has 6 nitrogen and oxygen atoms in total. The number of urea groups is 1. The molecule has 7 heteroatoms. The highest BCUT2D eigenvalue weighted by Gasteiger charge is 2.17. The largest absolute Gasteiger partial charge is 0.492 e. The van der Waals surface area contributed by atoms with Gasteiger partial charge in [-0.25, -0.2) is 13.2 Å². The maximum atomic E-state index is 12.3. The zero-order chi connectivity index (χ0) is 19.2. The Morgan fingerprint density at radius 1 is 1.08 bits per heavy atom. The summed E-state index contributed by atoms with van der Waals surface area (Å²) in [5.74, 6) is 0.470. The van der Waals surface area contributed by atoms with Crippen molar-refractivity contribution in [1.82, 2.24) is 0 Å². The molecule has 140 valence electrons. The maximum Gasteiger partial charge on any atom is 0.323 e. The molecular weight excluding hydrogens is 352 g/mol. The molecule has 2 aromatic carbocycles. The van der Waals surface area contributed by atoms with Gasteiger partial charge in [-0.3, -0.25) is 0 Å². The Morgan fingerprint density at radius 2 is 1.85 bits per heavy atom. The zero-order valence-electron chi connectivity index (χ0n) is 15.2. The minimum Gasteiger partial charge on any atom is -0.492 e. The number of hydrogen-bond donors (Lipinski definition) is 2. The second kappa shape index (κ2) is 8.71. The lowest BCUT2D eigenvalue weighted by molar-refractivity contribution is 0.262. The molecule has 2 rings (SSSR count). The molecule has 0 bridgehead atoms. The first-order chi connectivity index (χ1) is 12.4. The van der Waals surface area contributed by atoms with Crippen molar-refractivity contribution in [3.05, 3.63) is 48.0 Å². The van der Waals surface area contributed by atoms with Gasteiger partial charge in [0.1, 0.15) is 5.75 Å². The Kier molecular flexibility index (Phi) is 6.63. The van der Waals surface area contributed by atoms with E-state index >= 15 is 0 Å². The van der Waals surface area contributed by atoms with Gasteiger partial charge in [-0.05, 0) is 56.2 Å². The van der Waals surface area contributed by atoms with Crippen LogP contribution >= 0.6 is 0 Å². The van der Waals surface area contributed by atoms with E-state index in [1.807, 2.05) is 32.0 Å². The molecule has 2 aromatic rings. The van der Waals surface area contributed by atoms with Crippen molar-refractivity contribution in [3.63, 3.8) is 0 Å². The van der Waals surface area contributed by atoms with Crippen molar-refractivity contribution in [1.29, 1.82) is 0 Å². The highest BCUT2D eigenvalue weighted by molar-refractivity contribution is 7.91. The van der Waals surface area contributed by atoms with Gasteiger partial charge in [0.05, 0.1) is 22.9 Å². The van der Waals surface area contributed by atoms with Crippen LogP contribution in [0.15, 0.2) is 47.4 Å². The van der Waals surface area contributed by atoms with Gasteiger partial charge in [0.2, 0.25) is 0 Å². The third-order valence-corrected chi connectivity index (χ3v) is 5.52. The summed E-state index contributed by atoms with van der Waals surface area (Å²) >= 11 is 0. The molecule has 0 spiro atoms. The number of carbonyl (C=O) groups excluding carboxylic acids is 1. The number of carbonyl (C=O) groups is 1. The Balaban J connectivity index is 2.26. The van der Waals surface area contributed by atoms with Crippen LogP contribution in [0.2, 0.25) is 0 Å². The molecule has 0 aliphatic heterocycles. The fourth-order valence-electron chi connectivity index (χ4n) is 2.48. The van der Waals surface area contributed by atoms with Crippen LogP contribution < -0.4 is 15.4 Å². The molecule has 26 heavy (non-hydrogen) atoms. The molecule has 0 aliphatic rings. The summed E-state index contributed by atoms with van der Waals surface area (Å²) < 4.78 is 30.1. The molecule has 0 fully saturated rings. The summed E-state index contributed by atoms with van der Waals surface area (Å²) in [6.45, 7) is 5.95. The van der Waals surface area contributed by atoms with E-state index in [9.17, 15) is 13.2 Å². The van der Waals surface area contributed by atoms with E-state index in [0.717, 1.165) is 5.56 Å². The number of ether oxygens (including phenoxy) is 1. The first-order valence-electron chi connectivity index (χ1n) is 8.50. The number of hydrogen-bond acceptors (Lipinski definition) is 4. The molecule has 0 atom stereocenters. The molecule has 0 saturated heterocycles. The average molecular weight is 376 g/mol. The number of rotatable bonds is 7. The lowest BCUT2D eigenvalue weighted by Crippen LogP contribution is -2.20. The molecule has 0 heterocycles. The van der Waals surface area contributed by atoms with E-state index in [0.29, 0.717) is 30.2 Å². The van der Waals surface area contributed by atoms with E-state index in [4.69, 9.17) is 4.74 Å². The Morgan fingerprint density at radius 3 is 2.50 bits per heavy atom. The van der Waals surface area contributed by atoms with Crippen molar-refractivity contribution in [2.24, 2.45) is 0 Å². The topological polar surface area (TPSA) is 84.5 Å². The molecular formula is C19H24N2O4S. The van der Waals surface area contributed by atoms with Gasteiger partial charge >= 0.3 is 6.03 Å². The number of benzene rings is 2. The first-order valence-corrected chi connectivity index (χ1v) is 10.1. The monoisotopic (exact) mass is 376 g/mol. The standard InChI is InChI=1S/C19H24N2O4S/c1-4-11-26(23,24)16-9-10-18(25-5-2)17(13-16)21-19(22)20-15-8-6-7-14(3)12-15/h6-10,12-13H,4-5,11H2,1-3H3,(H2,20,21,22). The highest BCUT2D eigenvalue weighted by Crippen LogP contribution is 2.29. The summed E-state index contributed by atoms with van der Waals surface area (Å²) in [5, 5.41) is 5.41. The van der Waals surface area contributed by atoms with Crippen molar-refractivity contribution < 1.29 is 17.9 Å². The fourth-order valence-corrected chi connectivity index (χ4v) is 3.82. The van der Waals surface area contributed by atoms with Gasteiger partial charge in [0, 0.05) is 5.69 Å². The second-order valence-electron chi connectivity index (χ2n) is 5.86. The minimum atomic E-state index is -3.39. The van der Waals surface area contributed by atoms with Crippen molar-refractivity contribution in [3.8, 4) is 5.75 Å². The number of amides is 2. The summed E-state index contributed by atoms with van der Waals surface area (Å²) in [6, 6.07) is 11.4. The molecule has 2 amide bonds. The van der Waals surface area contributed by atoms with Crippen molar-refractivity contribution in [2.75, 3.05) is 23.0 Å². The Labute approximate surface area is 154 Å². The van der Waals surface area contributed by atoms with Crippen LogP contribution in [0.25, 0.3) is 0 Å². The van der Waals surface area contributed by atoms with Crippen LogP contribution in [0.1, 0.15) is 25.8 Å². The number of sulfone groups is 1. The summed E-state index contributed by atoms with van der Waals surface area (Å²) in [4.78, 5) is 12.5. The summed E-state index contributed by atoms with van der Waals surface area (Å²) in [5.41, 5.74) is 1.98. The van der Waals surface area contributed by atoms with Gasteiger partial charge in [-0.1, -0.05) is 19.1 Å². The summed E-state index contributed by atoms with van der Waals surface area (Å²) in [7, 11) is -3.39. The fraction of sp³-hybridized carbons (Fsp3) is 0.316. The van der Waals surface area contributed by atoms with Crippen LogP contribution in [0.3, 0.4) is 0 Å². The molecule has 0 aromatic heterocycles. The maximum absolute atomic E-state index is 12.3. The zero-order valence-corrected chi connectivity index (χ0v) is 16.0. The van der Waals surface area contributed by atoms with Crippen molar-refractivity contribution >= 4 is 27.2 Å². The van der Waals surface area contributed by atoms with Crippen LogP contribution in [0, 0.1) is 6.92 Å². The number of aryl methyl sites for hydroxylation is 1. The normalized spacial score (nSPS) is 11.0. The van der Waals surface area contributed by atoms with E-state index in [-0.39, 0.29) is 10.6 Å². The SMILES string of the molecule is CCCS(=O)(=O)c1ccc(OCC)c(NC(=O)Nc2cccc(C)c2)c1. The van der Waals surface area contributed by atoms with E-state index in [1.165, 1.54) is 12.1 Å². The number of anilines is 2. The first kappa shape index (κ1) is 19.8. The Bertz CT molecular complexity index is 879. The average Bonchev–Trinajstić information content (AvgIpc) is 2.56. The van der Waals surface area contributed by atoms with Crippen molar-refractivity contribution in [2.45, 2.75) is 32.1 Å². The molecule has 0 unspecified atom stereocenters. The molecule has 0 radical (unpaired) electrons. The molecule has 0 aliphatic carbocycles. The quantitative estimate of drug-likeness (QED) is 0.758. The van der Waals surface area contributed by atoms with Gasteiger partial charge in [-0.2, -0.15) is 0 Å². The minimum absolute atomic E-state index is 0.0515. The van der Waals surface area contributed by atoms with Crippen LogP contribution in [-0.4, -0.2) is 26.8 Å². The van der Waals surface area contributed by atoms with E-state index < -0.39 is 15.9 Å². The highest BCUT2D eigenvalue weighted by atomic mass is 32.2. The van der Waals surface area contributed by atoms with E-state index in [2.05, 4.69) is 10.6 Å². The predicted molar refractivity (Wildman–Crippen MR) is 104 cm³/mol. The van der Waals surface area contributed by atoms with Gasteiger partial charge < -0.3 is 15.4 Å². The predicted octanol–water partition coefficient (Wildman–Crippen LogP) is 4.22.